The van der Waals surface area contributed by atoms with Crippen LogP contribution in [-0.2, 0) is 6.54 Å². The summed E-state index contributed by atoms with van der Waals surface area (Å²) in [4.78, 5) is 31.1. The largest absolute Gasteiger partial charge is 0.483 e. The lowest BCUT2D eigenvalue weighted by Crippen LogP contribution is -2.28. The van der Waals surface area contributed by atoms with Crippen LogP contribution in [0, 0.1) is 0 Å². The van der Waals surface area contributed by atoms with E-state index in [1.165, 1.54) is 29.3 Å². The number of nitrogens with one attached hydrogen (secondary N) is 1. The number of halogens is 4. The number of carbonyl (C=O) groups excluding carboxylic acids is 2. The number of amides is 2. The molecule has 1 aliphatic rings. The summed E-state index contributed by atoms with van der Waals surface area (Å²) in [6.45, 7) is 0.636. The first-order chi connectivity index (χ1) is 15.1. The molecule has 0 bridgehead atoms. The number of fused-ring (bicyclic) bond motifs is 1. The summed E-state index contributed by atoms with van der Waals surface area (Å²) in [5.74, 6) is -0.846. The maximum absolute atomic E-state index is 13.0. The van der Waals surface area contributed by atoms with Gasteiger partial charge in [-0.3, -0.25) is 14.6 Å². The average Bonchev–Trinajstić information content (AvgIpc) is 3.08. The third-order valence-corrected chi connectivity index (χ3v) is 5.30. The molecule has 2 aromatic rings. The summed E-state index contributed by atoms with van der Waals surface area (Å²) < 4.78 is 41.8. The number of ether oxygens (including phenoxy) is 1. The zero-order valence-electron chi connectivity index (χ0n) is 17.1. The van der Waals surface area contributed by atoms with Crippen molar-refractivity contribution in [2.24, 2.45) is 0 Å². The SMILES string of the molecule is CC(c1ccc(OCC(F)(F)F)c(Cl)c1)N1Cc2c(ccnc2C(=O)NCCCO)C1=O. The Hall–Kier alpha value is -2.85. The van der Waals surface area contributed by atoms with Gasteiger partial charge in [-0.25, -0.2) is 0 Å². The highest BCUT2D eigenvalue weighted by atomic mass is 35.5. The Labute approximate surface area is 187 Å². The molecule has 7 nitrogen and oxygen atoms in total. The van der Waals surface area contributed by atoms with Crippen molar-refractivity contribution in [1.82, 2.24) is 15.2 Å². The summed E-state index contributed by atoms with van der Waals surface area (Å²) in [6, 6.07) is 5.38. The molecule has 0 spiro atoms. The molecule has 2 amide bonds. The molecule has 2 heterocycles. The van der Waals surface area contributed by atoms with E-state index in [1.807, 2.05) is 0 Å². The molecule has 3 rings (SSSR count). The van der Waals surface area contributed by atoms with Crippen LogP contribution in [0.2, 0.25) is 5.02 Å². The van der Waals surface area contributed by atoms with Gasteiger partial charge in [-0.15, -0.1) is 0 Å². The van der Waals surface area contributed by atoms with Crippen LogP contribution >= 0.6 is 11.6 Å². The third-order valence-electron chi connectivity index (χ3n) is 5.01. The molecule has 0 radical (unpaired) electrons. The van der Waals surface area contributed by atoms with Crippen molar-refractivity contribution in [3.63, 3.8) is 0 Å². The van der Waals surface area contributed by atoms with E-state index in [4.69, 9.17) is 21.4 Å². The van der Waals surface area contributed by atoms with Gasteiger partial charge in [-0.05, 0) is 37.1 Å². The predicted octanol–water partition coefficient (Wildman–Crippen LogP) is 3.51. The molecule has 0 fully saturated rings. The van der Waals surface area contributed by atoms with E-state index in [9.17, 15) is 22.8 Å². The number of nitrogens with zero attached hydrogens (tertiary/aromatic N) is 2. The number of hydrogen-bond acceptors (Lipinski definition) is 5. The minimum absolute atomic E-state index is 0.00613. The van der Waals surface area contributed by atoms with Gasteiger partial charge in [-0.2, -0.15) is 13.2 Å². The number of aliphatic hydroxyl groups is 1. The first-order valence-corrected chi connectivity index (χ1v) is 10.2. The van der Waals surface area contributed by atoms with Crippen molar-refractivity contribution < 1.29 is 32.6 Å². The van der Waals surface area contributed by atoms with Crippen LogP contribution in [0.1, 0.15) is 51.4 Å². The summed E-state index contributed by atoms with van der Waals surface area (Å²) in [5, 5.41) is 11.5. The number of hydrogen-bond donors (Lipinski definition) is 2. The van der Waals surface area contributed by atoms with E-state index in [1.54, 1.807) is 13.0 Å². The molecular weight excluding hydrogens is 451 g/mol. The fraction of sp³-hybridized carbons (Fsp3) is 0.381. The summed E-state index contributed by atoms with van der Waals surface area (Å²) in [6.07, 6.45) is -2.71. The highest BCUT2D eigenvalue weighted by Gasteiger charge is 2.35. The molecule has 172 valence electrons. The highest BCUT2D eigenvalue weighted by Crippen LogP contribution is 2.35. The van der Waals surface area contributed by atoms with Crippen LogP contribution in [0.3, 0.4) is 0 Å². The molecule has 0 saturated heterocycles. The number of aromatic nitrogens is 1. The van der Waals surface area contributed by atoms with Crippen LogP contribution in [0.15, 0.2) is 30.5 Å². The van der Waals surface area contributed by atoms with Crippen molar-refractivity contribution in [2.45, 2.75) is 32.1 Å². The first-order valence-electron chi connectivity index (χ1n) is 9.79. The number of alkyl halides is 3. The Morgan fingerprint density at radius 1 is 1.38 bits per heavy atom. The van der Waals surface area contributed by atoms with Gasteiger partial charge in [0.2, 0.25) is 0 Å². The normalized spacial score (nSPS) is 14.3. The molecule has 1 aromatic heterocycles. The van der Waals surface area contributed by atoms with Crippen LogP contribution in [0.4, 0.5) is 13.2 Å². The number of benzene rings is 1. The van der Waals surface area contributed by atoms with Gasteiger partial charge in [0.15, 0.2) is 6.61 Å². The van der Waals surface area contributed by atoms with E-state index < -0.39 is 24.7 Å². The molecule has 0 aliphatic carbocycles. The lowest BCUT2D eigenvalue weighted by molar-refractivity contribution is -0.153. The van der Waals surface area contributed by atoms with Gasteiger partial charge in [0.05, 0.1) is 11.1 Å². The lowest BCUT2D eigenvalue weighted by atomic mass is 10.1. The smallest absolute Gasteiger partial charge is 0.422 e. The molecule has 1 aliphatic heterocycles. The summed E-state index contributed by atoms with van der Waals surface area (Å²) >= 11 is 6.09. The Kier molecular flexibility index (Phi) is 7.25. The van der Waals surface area contributed by atoms with E-state index >= 15 is 0 Å². The Morgan fingerprint density at radius 3 is 2.78 bits per heavy atom. The minimum Gasteiger partial charge on any atom is -0.483 e. The van der Waals surface area contributed by atoms with Crippen molar-refractivity contribution in [3.8, 4) is 5.75 Å². The van der Waals surface area contributed by atoms with Crippen molar-refractivity contribution in [3.05, 3.63) is 57.9 Å². The van der Waals surface area contributed by atoms with Crippen LogP contribution in [0.5, 0.6) is 5.75 Å². The lowest BCUT2D eigenvalue weighted by Gasteiger charge is -2.25. The molecule has 11 heteroatoms. The van der Waals surface area contributed by atoms with Gasteiger partial charge in [0.1, 0.15) is 11.4 Å². The second-order valence-electron chi connectivity index (χ2n) is 7.22. The fourth-order valence-corrected chi connectivity index (χ4v) is 3.60. The van der Waals surface area contributed by atoms with Gasteiger partial charge < -0.3 is 20.1 Å². The predicted molar refractivity (Wildman–Crippen MR) is 110 cm³/mol. The van der Waals surface area contributed by atoms with Gasteiger partial charge in [-0.1, -0.05) is 17.7 Å². The zero-order valence-corrected chi connectivity index (χ0v) is 17.8. The second-order valence-corrected chi connectivity index (χ2v) is 7.63. The molecule has 32 heavy (non-hydrogen) atoms. The minimum atomic E-state index is -4.49. The Morgan fingerprint density at radius 2 is 2.12 bits per heavy atom. The first kappa shape index (κ1) is 23.8. The van der Waals surface area contributed by atoms with Crippen LogP contribution in [-0.4, -0.2) is 52.7 Å². The zero-order chi connectivity index (χ0) is 23.5. The van der Waals surface area contributed by atoms with Crippen molar-refractivity contribution >= 4 is 23.4 Å². The van der Waals surface area contributed by atoms with Gasteiger partial charge in [0, 0.05) is 37.0 Å². The molecule has 1 aromatic carbocycles. The number of aliphatic hydroxyl groups excluding tert-OH is 1. The highest BCUT2D eigenvalue weighted by molar-refractivity contribution is 6.32. The van der Waals surface area contributed by atoms with E-state index in [0.29, 0.717) is 23.1 Å². The maximum Gasteiger partial charge on any atom is 0.422 e. The van der Waals surface area contributed by atoms with E-state index in [2.05, 4.69) is 10.3 Å². The number of carbonyl (C=O) groups is 2. The number of pyridine rings is 1. The van der Waals surface area contributed by atoms with Crippen molar-refractivity contribution in [2.75, 3.05) is 19.8 Å². The third kappa shape index (κ3) is 5.31. The molecule has 1 atom stereocenters. The topological polar surface area (TPSA) is 91.8 Å². The quantitative estimate of drug-likeness (QED) is 0.575. The van der Waals surface area contributed by atoms with Gasteiger partial charge >= 0.3 is 6.18 Å². The number of rotatable bonds is 8. The monoisotopic (exact) mass is 471 g/mol. The molecule has 1 unspecified atom stereocenters. The van der Waals surface area contributed by atoms with Crippen LogP contribution in [0.25, 0.3) is 0 Å². The van der Waals surface area contributed by atoms with Crippen LogP contribution < -0.4 is 10.1 Å². The molecule has 2 N–H and O–H groups in total. The summed E-state index contributed by atoms with van der Waals surface area (Å²) in [7, 11) is 0. The van der Waals surface area contributed by atoms with E-state index in [0.717, 1.165) is 0 Å². The Balaban J connectivity index is 1.77. The fourth-order valence-electron chi connectivity index (χ4n) is 3.36. The summed E-state index contributed by atoms with van der Waals surface area (Å²) in [5.41, 5.74) is 1.58. The average molecular weight is 472 g/mol. The standard InChI is InChI=1S/C21H21ClF3N3O4/c1-12(13-3-4-17(16(22)9-13)32-11-21(23,24)25)28-10-15-14(20(28)31)5-7-26-18(15)19(30)27-6-2-8-29/h3-5,7,9,12,29H,2,6,8,10-11H2,1H3,(H,27,30). The maximum atomic E-state index is 13.0. The Bertz CT molecular complexity index is 1020. The van der Waals surface area contributed by atoms with E-state index in [-0.39, 0.29) is 42.1 Å². The second kappa shape index (κ2) is 9.74. The molecule has 0 saturated carbocycles. The van der Waals surface area contributed by atoms with Crippen molar-refractivity contribution in [1.29, 1.82) is 0 Å². The molecular formula is C21H21ClF3N3O4. The van der Waals surface area contributed by atoms with Gasteiger partial charge in [0.25, 0.3) is 11.8 Å².